The molecule has 12 nitrogen and oxygen atoms in total. The molecule has 12 heteroatoms. The monoisotopic (exact) mass is 474 g/mol. The molecule has 0 bridgehead atoms. The lowest BCUT2D eigenvalue weighted by Crippen LogP contribution is -2.35. The Kier molecular flexibility index (Phi) is 6.01. The number of nitro benzene ring substituents is 2. The third-order valence-electron chi connectivity index (χ3n) is 4.94. The number of hydrogen-bond donors (Lipinski definition) is 1. The minimum absolute atomic E-state index is 0.0668. The summed E-state index contributed by atoms with van der Waals surface area (Å²) in [5.74, 6) is -2.98. The van der Waals surface area contributed by atoms with Crippen molar-refractivity contribution in [1.29, 1.82) is 0 Å². The SMILES string of the molecule is O=C1NN(c2ccccc2)C(=O)C1=Cc1cccc([N+](=O)[O-])c1OC(=O)c1ccc([N+](=O)[O-])cc1. The minimum Gasteiger partial charge on any atom is -0.415 e. The molecule has 1 aliphatic rings. The van der Waals surface area contributed by atoms with E-state index in [4.69, 9.17) is 4.74 Å². The molecular weight excluding hydrogens is 460 g/mol. The fourth-order valence-electron chi connectivity index (χ4n) is 3.25. The Bertz CT molecular complexity index is 1400. The van der Waals surface area contributed by atoms with Gasteiger partial charge in [-0.05, 0) is 30.3 Å². The molecule has 2 amide bonds. The van der Waals surface area contributed by atoms with Crippen molar-refractivity contribution in [3.63, 3.8) is 0 Å². The molecule has 35 heavy (non-hydrogen) atoms. The number of nitrogens with zero attached hydrogens (tertiary/aromatic N) is 3. The van der Waals surface area contributed by atoms with E-state index in [1.54, 1.807) is 30.3 Å². The number of carbonyl (C=O) groups is 3. The maximum atomic E-state index is 12.9. The number of carbonyl (C=O) groups excluding carboxylic acids is 3. The topological polar surface area (TPSA) is 162 Å². The van der Waals surface area contributed by atoms with Crippen LogP contribution in [0.1, 0.15) is 15.9 Å². The molecule has 0 saturated carbocycles. The normalized spacial score (nSPS) is 14.1. The maximum Gasteiger partial charge on any atom is 0.343 e. The van der Waals surface area contributed by atoms with Crippen LogP contribution in [-0.4, -0.2) is 27.6 Å². The first kappa shape index (κ1) is 22.8. The lowest BCUT2D eigenvalue weighted by molar-refractivity contribution is -0.385. The van der Waals surface area contributed by atoms with Crippen LogP contribution in [0.2, 0.25) is 0 Å². The van der Waals surface area contributed by atoms with Crippen molar-refractivity contribution in [3.8, 4) is 5.75 Å². The van der Waals surface area contributed by atoms with Gasteiger partial charge in [0.25, 0.3) is 17.5 Å². The summed E-state index contributed by atoms with van der Waals surface area (Å²) in [6.45, 7) is 0. The van der Waals surface area contributed by atoms with Gasteiger partial charge in [0.2, 0.25) is 5.75 Å². The molecule has 1 saturated heterocycles. The lowest BCUT2D eigenvalue weighted by atomic mass is 10.1. The van der Waals surface area contributed by atoms with Crippen LogP contribution < -0.4 is 15.2 Å². The zero-order valence-corrected chi connectivity index (χ0v) is 17.6. The van der Waals surface area contributed by atoms with Crippen LogP contribution in [0.15, 0.2) is 78.4 Å². The number of non-ortho nitro benzene ring substituents is 1. The molecule has 1 aliphatic heterocycles. The summed E-state index contributed by atoms with van der Waals surface area (Å²) in [7, 11) is 0. The average molecular weight is 474 g/mol. The van der Waals surface area contributed by atoms with Crippen LogP contribution in [0, 0.1) is 20.2 Å². The van der Waals surface area contributed by atoms with Crippen molar-refractivity contribution >= 4 is 40.9 Å². The molecule has 4 rings (SSSR count). The fourth-order valence-corrected chi connectivity index (χ4v) is 3.25. The zero-order valence-electron chi connectivity index (χ0n) is 17.6. The van der Waals surface area contributed by atoms with Crippen molar-refractivity contribution in [2.45, 2.75) is 0 Å². The highest BCUT2D eigenvalue weighted by Gasteiger charge is 2.35. The van der Waals surface area contributed by atoms with Gasteiger partial charge in [0, 0.05) is 23.8 Å². The maximum absolute atomic E-state index is 12.9. The smallest absolute Gasteiger partial charge is 0.343 e. The number of rotatable bonds is 6. The van der Waals surface area contributed by atoms with Crippen LogP contribution in [0.5, 0.6) is 5.75 Å². The first-order chi connectivity index (χ1) is 16.8. The molecule has 0 atom stereocenters. The number of hydrogen-bond acceptors (Lipinski definition) is 8. The summed E-state index contributed by atoms with van der Waals surface area (Å²) < 4.78 is 5.26. The number of nitro groups is 2. The Labute approximate surface area is 196 Å². The molecule has 0 aliphatic carbocycles. The van der Waals surface area contributed by atoms with Crippen molar-refractivity contribution in [3.05, 3.63) is 110 Å². The van der Waals surface area contributed by atoms with Gasteiger partial charge in [0.1, 0.15) is 5.57 Å². The van der Waals surface area contributed by atoms with E-state index in [9.17, 15) is 34.6 Å². The van der Waals surface area contributed by atoms with Gasteiger partial charge in [0.15, 0.2) is 0 Å². The summed E-state index contributed by atoms with van der Waals surface area (Å²) in [6, 6.07) is 16.5. The summed E-state index contributed by atoms with van der Waals surface area (Å²) in [5, 5.41) is 23.4. The average Bonchev–Trinajstić information content (AvgIpc) is 3.13. The van der Waals surface area contributed by atoms with Crippen molar-refractivity contribution in [2.75, 3.05) is 5.01 Å². The standard InChI is InChI=1S/C23H14N4O8/c28-21-18(22(29)25(24-21)16-6-2-1-3-7-16)13-15-5-4-8-19(27(33)34)20(15)35-23(30)14-9-11-17(12-10-14)26(31)32/h1-13H,(H,24,28). The van der Waals surface area contributed by atoms with Crippen LogP contribution in [0.3, 0.4) is 0 Å². The van der Waals surface area contributed by atoms with E-state index < -0.39 is 39.1 Å². The quantitative estimate of drug-likeness (QED) is 0.142. The van der Waals surface area contributed by atoms with Gasteiger partial charge in [-0.15, -0.1) is 0 Å². The highest BCUT2D eigenvalue weighted by Crippen LogP contribution is 2.34. The molecule has 0 spiro atoms. The molecule has 0 aromatic heterocycles. The van der Waals surface area contributed by atoms with E-state index in [0.717, 1.165) is 41.4 Å². The summed E-state index contributed by atoms with van der Waals surface area (Å²) in [5.41, 5.74) is 1.47. The minimum atomic E-state index is -1.03. The van der Waals surface area contributed by atoms with E-state index in [-0.39, 0.29) is 22.4 Å². The molecule has 1 fully saturated rings. The Morgan fingerprint density at radius 2 is 1.57 bits per heavy atom. The number of amides is 2. The largest absolute Gasteiger partial charge is 0.415 e. The van der Waals surface area contributed by atoms with Gasteiger partial charge in [-0.25, -0.2) is 9.80 Å². The van der Waals surface area contributed by atoms with Crippen molar-refractivity contribution < 1.29 is 29.0 Å². The number of ether oxygens (including phenoxy) is 1. The number of hydrazine groups is 1. The van der Waals surface area contributed by atoms with Crippen molar-refractivity contribution in [1.82, 2.24) is 5.43 Å². The summed E-state index contributed by atoms with van der Waals surface area (Å²) in [4.78, 5) is 58.9. The summed E-state index contributed by atoms with van der Waals surface area (Å²) >= 11 is 0. The van der Waals surface area contributed by atoms with Crippen LogP contribution in [0.4, 0.5) is 17.1 Å². The lowest BCUT2D eigenvalue weighted by Gasteiger charge is -2.13. The second-order valence-electron chi connectivity index (χ2n) is 7.12. The Morgan fingerprint density at radius 3 is 2.20 bits per heavy atom. The molecule has 0 unspecified atom stereocenters. The van der Waals surface area contributed by atoms with Gasteiger partial charge in [-0.1, -0.05) is 30.3 Å². The number of esters is 1. The van der Waals surface area contributed by atoms with Crippen LogP contribution in [0.25, 0.3) is 6.08 Å². The number of anilines is 1. The molecule has 3 aromatic rings. The third kappa shape index (κ3) is 4.57. The number of para-hydroxylation sites is 2. The highest BCUT2D eigenvalue weighted by molar-refractivity contribution is 6.31. The van der Waals surface area contributed by atoms with Gasteiger partial charge in [-0.3, -0.25) is 35.2 Å². The van der Waals surface area contributed by atoms with E-state index in [1.165, 1.54) is 12.1 Å². The Hall–Kier alpha value is -5.39. The van der Waals surface area contributed by atoms with E-state index >= 15 is 0 Å². The van der Waals surface area contributed by atoms with Gasteiger partial charge < -0.3 is 4.74 Å². The fraction of sp³-hybridized carbons (Fsp3) is 0. The van der Waals surface area contributed by atoms with Gasteiger partial charge in [0.05, 0.1) is 21.1 Å². The first-order valence-electron chi connectivity index (χ1n) is 9.92. The highest BCUT2D eigenvalue weighted by atomic mass is 16.6. The van der Waals surface area contributed by atoms with E-state index in [2.05, 4.69) is 5.43 Å². The molecule has 1 heterocycles. The zero-order chi connectivity index (χ0) is 25.1. The Balaban J connectivity index is 1.70. The number of nitrogens with one attached hydrogen (secondary N) is 1. The van der Waals surface area contributed by atoms with Crippen LogP contribution in [-0.2, 0) is 9.59 Å². The summed E-state index contributed by atoms with van der Waals surface area (Å²) in [6.07, 6.45) is 1.09. The first-order valence-corrected chi connectivity index (χ1v) is 9.92. The predicted molar refractivity (Wildman–Crippen MR) is 121 cm³/mol. The molecular formula is C23H14N4O8. The van der Waals surface area contributed by atoms with Crippen molar-refractivity contribution in [2.24, 2.45) is 0 Å². The Morgan fingerprint density at radius 1 is 0.886 bits per heavy atom. The van der Waals surface area contributed by atoms with Gasteiger partial charge >= 0.3 is 11.7 Å². The molecule has 174 valence electrons. The third-order valence-corrected chi connectivity index (χ3v) is 4.94. The van der Waals surface area contributed by atoms with Crippen LogP contribution >= 0.6 is 0 Å². The predicted octanol–water partition coefficient (Wildman–Crippen LogP) is 3.18. The van der Waals surface area contributed by atoms with Gasteiger partial charge in [-0.2, -0.15) is 0 Å². The molecule has 1 N–H and O–H groups in total. The van der Waals surface area contributed by atoms with E-state index in [0.29, 0.717) is 5.69 Å². The van der Waals surface area contributed by atoms with E-state index in [1.807, 2.05) is 0 Å². The second-order valence-corrected chi connectivity index (χ2v) is 7.12. The number of benzene rings is 3. The second kappa shape index (κ2) is 9.23. The molecule has 3 aromatic carbocycles. The molecule has 0 radical (unpaired) electrons.